The summed E-state index contributed by atoms with van der Waals surface area (Å²) in [6.45, 7) is 10.7. The predicted molar refractivity (Wildman–Crippen MR) is 67.8 cm³/mol. The second-order valence-corrected chi connectivity index (χ2v) is 6.26. The van der Waals surface area contributed by atoms with Gasteiger partial charge in [0, 0.05) is 5.92 Å². The van der Waals surface area contributed by atoms with Gasteiger partial charge in [0.1, 0.15) is 0 Å². The zero-order valence-electron chi connectivity index (χ0n) is 11.7. The molecule has 0 saturated heterocycles. The summed E-state index contributed by atoms with van der Waals surface area (Å²) in [4.78, 5) is 15.6. The Morgan fingerprint density at radius 1 is 1.33 bits per heavy atom. The summed E-state index contributed by atoms with van der Waals surface area (Å²) in [5.41, 5.74) is 0.798. The molecule has 1 fully saturated rings. The third kappa shape index (κ3) is 1.66. The highest BCUT2D eigenvalue weighted by molar-refractivity contribution is 5.85. The fourth-order valence-electron chi connectivity index (χ4n) is 2.88. The molecule has 2 rings (SSSR count). The summed E-state index contributed by atoms with van der Waals surface area (Å²) in [6, 6.07) is 0. The first-order chi connectivity index (χ1) is 8.23. The number of carboxylic acids is 1. The van der Waals surface area contributed by atoms with Crippen molar-refractivity contribution >= 4 is 5.97 Å². The molecule has 1 saturated carbocycles. The van der Waals surface area contributed by atoms with Gasteiger partial charge in [0.05, 0.1) is 5.69 Å². The molecule has 0 atom stereocenters. The Morgan fingerprint density at radius 3 is 2.28 bits per heavy atom. The molecule has 0 unspecified atom stereocenters. The zero-order chi connectivity index (χ0) is 13.7. The van der Waals surface area contributed by atoms with E-state index in [1.165, 1.54) is 0 Å². The SMILES string of the molecule is CCCc1nc(C2C(C)(C)C2(C)C)oc1C(=O)O. The molecule has 1 aromatic rings. The molecule has 1 aromatic heterocycles. The maximum absolute atomic E-state index is 11.1. The molecule has 4 nitrogen and oxygen atoms in total. The Morgan fingerprint density at radius 2 is 1.89 bits per heavy atom. The van der Waals surface area contributed by atoms with Crippen LogP contribution in [-0.2, 0) is 6.42 Å². The van der Waals surface area contributed by atoms with Gasteiger partial charge in [-0.05, 0) is 17.3 Å². The number of carboxylic acid groups (broad SMARTS) is 1. The van der Waals surface area contributed by atoms with E-state index < -0.39 is 5.97 Å². The molecule has 0 spiro atoms. The fourth-order valence-corrected chi connectivity index (χ4v) is 2.88. The summed E-state index contributed by atoms with van der Waals surface area (Å²) in [6.07, 6.45) is 1.52. The van der Waals surface area contributed by atoms with E-state index >= 15 is 0 Å². The molecule has 0 bridgehead atoms. The number of nitrogens with zero attached hydrogens (tertiary/aromatic N) is 1. The van der Waals surface area contributed by atoms with E-state index in [1.54, 1.807) is 0 Å². The minimum Gasteiger partial charge on any atom is -0.475 e. The zero-order valence-corrected chi connectivity index (χ0v) is 11.7. The van der Waals surface area contributed by atoms with Gasteiger partial charge in [-0.15, -0.1) is 0 Å². The van der Waals surface area contributed by atoms with Crippen molar-refractivity contribution in [2.24, 2.45) is 10.8 Å². The maximum atomic E-state index is 11.1. The van der Waals surface area contributed by atoms with Crippen molar-refractivity contribution in [3.8, 4) is 0 Å². The number of hydrogen-bond donors (Lipinski definition) is 1. The van der Waals surface area contributed by atoms with E-state index in [9.17, 15) is 4.79 Å². The third-order valence-electron chi connectivity index (χ3n) is 4.66. The van der Waals surface area contributed by atoms with E-state index in [1.807, 2.05) is 6.92 Å². The normalized spacial score (nSPS) is 20.9. The van der Waals surface area contributed by atoms with Crippen molar-refractivity contribution in [2.45, 2.75) is 53.4 Å². The van der Waals surface area contributed by atoms with Crippen molar-refractivity contribution in [3.63, 3.8) is 0 Å². The summed E-state index contributed by atoms with van der Waals surface area (Å²) in [7, 11) is 0. The monoisotopic (exact) mass is 251 g/mol. The fraction of sp³-hybridized carbons (Fsp3) is 0.714. The third-order valence-corrected chi connectivity index (χ3v) is 4.66. The van der Waals surface area contributed by atoms with Crippen LogP contribution in [0.4, 0.5) is 0 Å². The van der Waals surface area contributed by atoms with Crippen molar-refractivity contribution in [1.82, 2.24) is 4.98 Å². The Hall–Kier alpha value is -1.32. The lowest BCUT2D eigenvalue weighted by Gasteiger charge is -2.03. The van der Waals surface area contributed by atoms with Gasteiger partial charge < -0.3 is 9.52 Å². The molecule has 18 heavy (non-hydrogen) atoms. The number of hydrogen-bond acceptors (Lipinski definition) is 3. The van der Waals surface area contributed by atoms with Gasteiger partial charge in [0.25, 0.3) is 0 Å². The van der Waals surface area contributed by atoms with E-state index in [2.05, 4.69) is 32.7 Å². The molecule has 1 N–H and O–H groups in total. The van der Waals surface area contributed by atoms with Crippen LogP contribution in [0.2, 0.25) is 0 Å². The average molecular weight is 251 g/mol. The standard InChI is InChI=1S/C14H21NO3/c1-6-7-8-9(12(16)17)18-11(15-8)10-13(2,3)14(10,4)5/h10H,6-7H2,1-5H3,(H,16,17). The Kier molecular flexibility index (Phi) is 2.80. The maximum Gasteiger partial charge on any atom is 0.373 e. The van der Waals surface area contributed by atoms with E-state index in [4.69, 9.17) is 9.52 Å². The van der Waals surface area contributed by atoms with Crippen LogP contribution in [0.15, 0.2) is 4.42 Å². The van der Waals surface area contributed by atoms with Crippen LogP contribution in [0.3, 0.4) is 0 Å². The number of aryl methyl sites for hydroxylation is 1. The van der Waals surface area contributed by atoms with E-state index in [-0.39, 0.29) is 22.5 Å². The van der Waals surface area contributed by atoms with Gasteiger partial charge in [0.15, 0.2) is 5.89 Å². The van der Waals surface area contributed by atoms with Gasteiger partial charge >= 0.3 is 5.97 Å². The topological polar surface area (TPSA) is 63.3 Å². The smallest absolute Gasteiger partial charge is 0.373 e. The second kappa shape index (κ2) is 3.84. The van der Waals surface area contributed by atoms with Gasteiger partial charge in [-0.25, -0.2) is 9.78 Å². The summed E-state index contributed by atoms with van der Waals surface area (Å²) in [5.74, 6) is -0.210. The van der Waals surface area contributed by atoms with Crippen molar-refractivity contribution in [3.05, 3.63) is 17.3 Å². The molecule has 100 valence electrons. The van der Waals surface area contributed by atoms with Crippen LogP contribution in [0, 0.1) is 10.8 Å². The lowest BCUT2D eigenvalue weighted by molar-refractivity contribution is 0.0658. The van der Waals surface area contributed by atoms with Gasteiger partial charge in [-0.1, -0.05) is 41.0 Å². The molecule has 1 aliphatic rings. The van der Waals surface area contributed by atoms with E-state index in [0.717, 1.165) is 6.42 Å². The molecular formula is C14H21NO3. The lowest BCUT2D eigenvalue weighted by atomic mass is 10.0. The van der Waals surface area contributed by atoms with Gasteiger partial charge in [-0.2, -0.15) is 0 Å². The first kappa shape index (κ1) is 13.1. The Balaban J connectivity index is 2.37. The lowest BCUT2D eigenvalue weighted by Crippen LogP contribution is -1.99. The minimum absolute atomic E-state index is 0.0188. The van der Waals surface area contributed by atoms with Crippen LogP contribution in [0.5, 0.6) is 0 Å². The molecule has 1 aliphatic carbocycles. The quantitative estimate of drug-likeness (QED) is 0.889. The van der Waals surface area contributed by atoms with Gasteiger partial charge in [0.2, 0.25) is 5.76 Å². The number of rotatable bonds is 4. The van der Waals surface area contributed by atoms with Crippen LogP contribution < -0.4 is 0 Å². The minimum atomic E-state index is -1.02. The number of aromatic nitrogens is 1. The highest BCUT2D eigenvalue weighted by atomic mass is 16.4. The Labute approximate surface area is 107 Å². The first-order valence-corrected chi connectivity index (χ1v) is 6.46. The molecule has 0 amide bonds. The second-order valence-electron chi connectivity index (χ2n) is 6.26. The van der Waals surface area contributed by atoms with Crippen LogP contribution in [0.25, 0.3) is 0 Å². The molecule has 0 radical (unpaired) electrons. The summed E-state index contributed by atoms with van der Waals surface area (Å²) in [5, 5.41) is 9.13. The molecular weight excluding hydrogens is 230 g/mol. The highest BCUT2D eigenvalue weighted by Gasteiger charge is 2.67. The van der Waals surface area contributed by atoms with Crippen molar-refractivity contribution < 1.29 is 14.3 Å². The van der Waals surface area contributed by atoms with E-state index in [0.29, 0.717) is 18.0 Å². The molecule has 1 heterocycles. The first-order valence-electron chi connectivity index (χ1n) is 6.46. The predicted octanol–water partition coefficient (Wildman–Crippen LogP) is 3.47. The Bertz CT molecular complexity index is 471. The van der Waals surface area contributed by atoms with Gasteiger partial charge in [-0.3, -0.25) is 0 Å². The number of carbonyl (C=O) groups is 1. The van der Waals surface area contributed by atoms with Crippen molar-refractivity contribution in [2.75, 3.05) is 0 Å². The van der Waals surface area contributed by atoms with Crippen molar-refractivity contribution in [1.29, 1.82) is 0 Å². The molecule has 0 aromatic carbocycles. The largest absolute Gasteiger partial charge is 0.475 e. The van der Waals surface area contributed by atoms with Crippen LogP contribution in [-0.4, -0.2) is 16.1 Å². The molecule has 0 aliphatic heterocycles. The summed E-state index contributed by atoms with van der Waals surface area (Å²) < 4.78 is 5.51. The average Bonchev–Trinajstić information content (AvgIpc) is 2.58. The van der Waals surface area contributed by atoms with Crippen LogP contribution >= 0.6 is 0 Å². The number of aromatic carboxylic acids is 1. The molecule has 4 heteroatoms. The summed E-state index contributed by atoms with van der Waals surface area (Å²) >= 11 is 0. The van der Waals surface area contributed by atoms with Crippen LogP contribution in [0.1, 0.15) is 69.1 Å². The highest BCUT2D eigenvalue weighted by Crippen LogP contribution is 2.73. The number of oxazole rings is 1.